The molecule has 104 valence electrons. The fourth-order valence-corrected chi connectivity index (χ4v) is 2.25. The molecule has 0 saturated heterocycles. The monoisotopic (exact) mass is 269 g/mol. The molecule has 1 heterocycles. The Kier molecular flexibility index (Phi) is 4.21. The zero-order valence-corrected chi connectivity index (χ0v) is 11.9. The van der Waals surface area contributed by atoms with Crippen LogP contribution in [0.15, 0.2) is 36.7 Å². The van der Waals surface area contributed by atoms with E-state index < -0.39 is 5.41 Å². The second-order valence-electron chi connectivity index (χ2n) is 5.41. The molecule has 1 N–H and O–H groups in total. The van der Waals surface area contributed by atoms with Gasteiger partial charge in [0.1, 0.15) is 0 Å². The Morgan fingerprint density at radius 3 is 2.80 bits per heavy atom. The summed E-state index contributed by atoms with van der Waals surface area (Å²) in [6.07, 6.45) is 4.33. The normalized spacial score (nSPS) is 11.3. The molecule has 1 aromatic heterocycles. The van der Waals surface area contributed by atoms with E-state index in [1.165, 1.54) is 0 Å². The Balaban J connectivity index is 2.27. The maximum absolute atomic E-state index is 9.31. The molecule has 0 atom stereocenters. The first-order valence-corrected chi connectivity index (χ1v) is 6.68. The zero-order valence-electron chi connectivity index (χ0n) is 11.9. The molecule has 0 aliphatic heterocycles. The first kappa shape index (κ1) is 14.3. The van der Waals surface area contributed by atoms with E-state index in [0.717, 1.165) is 16.7 Å². The Hall–Kier alpha value is -2.12. The van der Waals surface area contributed by atoms with Gasteiger partial charge in [0.2, 0.25) is 0 Å². The van der Waals surface area contributed by atoms with Gasteiger partial charge in [-0.2, -0.15) is 10.4 Å². The maximum Gasteiger partial charge on any atom is 0.0769 e. The lowest BCUT2D eigenvalue weighted by Gasteiger charge is -2.20. The first-order valence-electron chi connectivity index (χ1n) is 6.68. The molecule has 0 amide bonds. The first-order chi connectivity index (χ1) is 9.56. The third kappa shape index (κ3) is 3.06. The van der Waals surface area contributed by atoms with Crippen LogP contribution in [0.2, 0.25) is 0 Å². The minimum absolute atomic E-state index is 0.129. The molecule has 0 radical (unpaired) electrons. The fraction of sp³-hybridized carbons (Fsp3) is 0.375. The molecule has 0 bridgehead atoms. The van der Waals surface area contributed by atoms with Crippen LogP contribution in [0.1, 0.15) is 30.5 Å². The standard InChI is InChI=1S/C16H19N3O/c1-16(2,12-17)15-6-4-3-5-14(15)11-19-10-13(7-8-20)9-18-19/h3-6,9-10,20H,7-8,11H2,1-2H3. The summed E-state index contributed by atoms with van der Waals surface area (Å²) >= 11 is 0. The van der Waals surface area contributed by atoms with Crippen molar-refractivity contribution in [3.63, 3.8) is 0 Å². The van der Waals surface area contributed by atoms with Gasteiger partial charge in [0.15, 0.2) is 0 Å². The highest BCUT2D eigenvalue weighted by molar-refractivity contribution is 5.37. The molecule has 20 heavy (non-hydrogen) atoms. The second kappa shape index (κ2) is 5.89. The van der Waals surface area contributed by atoms with E-state index in [4.69, 9.17) is 5.11 Å². The summed E-state index contributed by atoms with van der Waals surface area (Å²) in [5.74, 6) is 0. The van der Waals surface area contributed by atoms with Crippen molar-refractivity contribution in [2.24, 2.45) is 0 Å². The number of aliphatic hydroxyl groups is 1. The van der Waals surface area contributed by atoms with Gasteiger partial charge < -0.3 is 5.11 Å². The molecule has 2 rings (SSSR count). The molecule has 2 aromatic rings. The van der Waals surface area contributed by atoms with Gasteiger partial charge in [0.05, 0.1) is 24.2 Å². The third-order valence-electron chi connectivity index (χ3n) is 3.39. The average molecular weight is 269 g/mol. The Morgan fingerprint density at radius 2 is 2.10 bits per heavy atom. The highest BCUT2D eigenvalue weighted by Crippen LogP contribution is 2.26. The lowest BCUT2D eigenvalue weighted by atomic mass is 9.83. The van der Waals surface area contributed by atoms with E-state index in [0.29, 0.717) is 13.0 Å². The van der Waals surface area contributed by atoms with E-state index in [9.17, 15) is 5.26 Å². The molecule has 1 aromatic carbocycles. The summed E-state index contributed by atoms with van der Waals surface area (Å²) in [6.45, 7) is 4.61. The number of aliphatic hydroxyl groups excluding tert-OH is 1. The maximum atomic E-state index is 9.31. The Bertz CT molecular complexity index is 623. The van der Waals surface area contributed by atoms with Gasteiger partial charge in [0, 0.05) is 12.8 Å². The number of nitriles is 1. The third-order valence-corrected chi connectivity index (χ3v) is 3.39. The van der Waals surface area contributed by atoms with Gasteiger partial charge in [0.25, 0.3) is 0 Å². The summed E-state index contributed by atoms with van der Waals surface area (Å²) in [5.41, 5.74) is 2.63. The van der Waals surface area contributed by atoms with E-state index in [1.54, 1.807) is 6.20 Å². The minimum atomic E-state index is -0.516. The largest absolute Gasteiger partial charge is 0.396 e. The summed E-state index contributed by atoms with van der Waals surface area (Å²) in [4.78, 5) is 0. The predicted octanol–water partition coefficient (Wildman–Crippen LogP) is 2.27. The van der Waals surface area contributed by atoms with Gasteiger partial charge >= 0.3 is 0 Å². The lowest BCUT2D eigenvalue weighted by molar-refractivity contribution is 0.299. The smallest absolute Gasteiger partial charge is 0.0769 e. The summed E-state index contributed by atoms with van der Waals surface area (Å²) in [6, 6.07) is 10.3. The quantitative estimate of drug-likeness (QED) is 0.905. The summed E-state index contributed by atoms with van der Waals surface area (Å²) in [7, 11) is 0. The topological polar surface area (TPSA) is 61.8 Å². The van der Waals surface area contributed by atoms with Crippen molar-refractivity contribution in [2.45, 2.75) is 32.2 Å². The van der Waals surface area contributed by atoms with Crippen molar-refractivity contribution in [3.05, 3.63) is 53.3 Å². The van der Waals surface area contributed by atoms with E-state index in [1.807, 2.05) is 49.0 Å². The van der Waals surface area contributed by atoms with Crippen molar-refractivity contribution in [2.75, 3.05) is 6.61 Å². The zero-order chi connectivity index (χ0) is 14.6. The molecule has 4 heteroatoms. The van der Waals surface area contributed by atoms with Crippen LogP contribution in [0.25, 0.3) is 0 Å². The molecule has 4 nitrogen and oxygen atoms in total. The van der Waals surface area contributed by atoms with Crippen LogP contribution >= 0.6 is 0 Å². The van der Waals surface area contributed by atoms with Crippen molar-refractivity contribution in [1.82, 2.24) is 9.78 Å². The van der Waals surface area contributed by atoms with Crippen LogP contribution in [-0.2, 0) is 18.4 Å². The number of rotatable bonds is 5. The number of benzene rings is 1. The molecular formula is C16H19N3O. The second-order valence-corrected chi connectivity index (χ2v) is 5.41. The Morgan fingerprint density at radius 1 is 1.35 bits per heavy atom. The van der Waals surface area contributed by atoms with Crippen molar-refractivity contribution in [1.29, 1.82) is 5.26 Å². The highest BCUT2D eigenvalue weighted by atomic mass is 16.2. The van der Waals surface area contributed by atoms with E-state index in [2.05, 4.69) is 11.2 Å². The minimum Gasteiger partial charge on any atom is -0.396 e. The van der Waals surface area contributed by atoms with Crippen LogP contribution in [0.4, 0.5) is 0 Å². The van der Waals surface area contributed by atoms with Crippen molar-refractivity contribution >= 4 is 0 Å². The number of hydrogen-bond acceptors (Lipinski definition) is 3. The lowest BCUT2D eigenvalue weighted by Crippen LogP contribution is -2.17. The Labute approximate surface area is 119 Å². The van der Waals surface area contributed by atoms with Gasteiger partial charge in [-0.3, -0.25) is 4.68 Å². The van der Waals surface area contributed by atoms with Crippen LogP contribution in [0.3, 0.4) is 0 Å². The van der Waals surface area contributed by atoms with Crippen molar-refractivity contribution < 1.29 is 5.11 Å². The molecule has 0 aliphatic carbocycles. The summed E-state index contributed by atoms with van der Waals surface area (Å²) < 4.78 is 1.84. The van der Waals surface area contributed by atoms with Crippen molar-refractivity contribution in [3.8, 4) is 6.07 Å². The molecule has 0 saturated carbocycles. The van der Waals surface area contributed by atoms with E-state index >= 15 is 0 Å². The molecule has 0 unspecified atom stereocenters. The molecular weight excluding hydrogens is 250 g/mol. The number of nitrogens with zero attached hydrogens (tertiary/aromatic N) is 3. The fourth-order valence-electron chi connectivity index (χ4n) is 2.25. The van der Waals surface area contributed by atoms with Gasteiger partial charge in [-0.05, 0) is 37.0 Å². The molecule has 0 aliphatic rings. The molecule has 0 spiro atoms. The SMILES string of the molecule is CC(C)(C#N)c1ccccc1Cn1cc(CCO)cn1. The van der Waals surface area contributed by atoms with E-state index in [-0.39, 0.29) is 6.61 Å². The number of aromatic nitrogens is 2. The van der Waals surface area contributed by atoms with Crippen LogP contribution in [0.5, 0.6) is 0 Å². The van der Waals surface area contributed by atoms with Gasteiger partial charge in [-0.15, -0.1) is 0 Å². The van der Waals surface area contributed by atoms with Crippen LogP contribution in [-0.4, -0.2) is 21.5 Å². The highest BCUT2D eigenvalue weighted by Gasteiger charge is 2.22. The van der Waals surface area contributed by atoms with Crippen LogP contribution in [0, 0.1) is 11.3 Å². The van der Waals surface area contributed by atoms with Gasteiger partial charge in [-0.25, -0.2) is 0 Å². The summed E-state index contributed by atoms with van der Waals surface area (Å²) in [5, 5.41) is 22.5. The average Bonchev–Trinajstić information content (AvgIpc) is 2.87. The number of hydrogen-bond donors (Lipinski definition) is 1. The van der Waals surface area contributed by atoms with Crippen LogP contribution < -0.4 is 0 Å². The predicted molar refractivity (Wildman–Crippen MR) is 77.2 cm³/mol. The molecule has 0 fully saturated rings. The van der Waals surface area contributed by atoms with Gasteiger partial charge in [-0.1, -0.05) is 24.3 Å².